The molecule has 2 saturated heterocycles. The fourth-order valence-electron chi connectivity index (χ4n) is 6.72. The minimum atomic E-state index is -1.97. The van der Waals surface area contributed by atoms with Crippen LogP contribution in [0.3, 0.4) is 0 Å². The summed E-state index contributed by atoms with van der Waals surface area (Å²) >= 11 is 0. The van der Waals surface area contributed by atoms with Crippen molar-refractivity contribution in [2.75, 3.05) is 13.7 Å². The molecule has 0 bridgehead atoms. The number of carbonyl (C=O) groups excluding carboxylic acids is 1. The third-order valence-corrected chi connectivity index (χ3v) is 11.9. The number of carbonyl (C=O) groups is 1. The van der Waals surface area contributed by atoms with E-state index >= 15 is 0 Å². The number of hydrogen-bond acceptors (Lipinski definition) is 7. The van der Waals surface area contributed by atoms with Crippen molar-refractivity contribution in [3.63, 3.8) is 0 Å². The summed E-state index contributed by atoms with van der Waals surface area (Å²) in [7, 11) is -3.87. The SMILES string of the molecule is COc1ccc2c(c1)C/C(=C(/C)C[C@@H]1OC[C@H](C[C@@H]3O[C@H]3[C@@H](C)[C@H](C)O[Si](C)(C)C)[C@@H](O[Si](C)(C)C)[C@H]1O[Si](C)(C)C)C2=O. The van der Waals surface area contributed by atoms with Gasteiger partial charge >= 0.3 is 0 Å². The van der Waals surface area contributed by atoms with Gasteiger partial charge in [0.05, 0.1) is 44.2 Å². The Kier molecular flexibility index (Phi) is 11.0. The van der Waals surface area contributed by atoms with E-state index in [-0.39, 0.29) is 48.3 Å². The Balaban J connectivity index is 1.54. The monoisotopic (exact) mass is 662 g/mol. The van der Waals surface area contributed by atoms with Crippen LogP contribution in [0.4, 0.5) is 0 Å². The van der Waals surface area contributed by atoms with Crippen molar-refractivity contribution in [1.82, 2.24) is 0 Å². The Morgan fingerprint density at radius 1 is 0.932 bits per heavy atom. The van der Waals surface area contributed by atoms with Gasteiger partial charge < -0.3 is 27.5 Å². The number of benzene rings is 1. The second kappa shape index (κ2) is 13.5. The summed E-state index contributed by atoms with van der Waals surface area (Å²) < 4.78 is 38.8. The molecule has 0 aromatic heterocycles. The number of epoxide rings is 1. The first kappa shape index (κ1) is 35.7. The van der Waals surface area contributed by atoms with E-state index in [9.17, 15) is 4.79 Å². The molecule has 10 heteroatoms. The van der Waals surface area contributed by atoms with Crippen LogP contribution < -0.4 is 4.74 Å². The summed E-state index contributed by atoms with van der Waals surface area (Å²) in [6.07, 6.45) is 2.23. The second-order valence-electron chi connectivity index (χ2n) is 16.2. The smallest absolute Gasteiger partial charge is 0.189 e. The van der Waals surface area contributed by atoms with Gasteiger partial charge in [0, 0.05) is 35.5 Å². The van der Waals surface area contributed by atoms with Crippen LogP contribution in [0, 0.1) is 11.8 Å². The van der Waals surface area contributed by atoms with Crippen LogP contribution in [0.2, 0.25) is 58.9 Å². The Hall–Kier alpha value is -1.12. The highest BCUT2D eigenvalue weighted by Gasteiger charge is 2.51. The van der Waals surface area contributed by atoms with E-state index in [1.807, 2.05) is 18.2 Å². The molecule has 1 aromatic rings. The molecule has 2 fully saturated rings. The van der Waals surface area contributed by atoms with Crippen molar-refractivity contribution >= 4 is 30.7 Å². The summed E-state index contributed by atoms with van der Waals surface area (Å²) in [6.45, 7) is 27.3. The van der Waals surface area contributed by atoms with E-state index in [4.69, 9.17) is 27.5 Å². The fraction of sp³-hybridized carbons (Fsp3) is 0.735. The van der Waals surface area contributed by atoms with E-state index in [1.54, 1.807) is 7.11 Å². The maximum atomic E-state index is 13.4. The molecule has 2 aliphatic heterocycles. The highest BCUT2D eigenvalue weighted by Crippen LogP contribution is 2.42. The average Bonchev–Trinajstić information content (AvgIpc) is 3.57. The maximum absolute atomic E-state index is 13.4. The maximum Gasteiger partial charge on any atom is 0.189 e. The van der Waals surface area contributed by atoms with Crippen LogP contribution >= 0.6 is 0 Å². The molecule has 3 aliphatic rings. The zero-order chi connectivity index (χ0) is 32.8. The summed E-state index contributed by atoms with van der Waals surface area (Å²) in [6, 6.07) is 5.74. The van der Waals surface area contributed by atoms with Gasteiger partial charge in [-0.15, -0.1) is 0 Å². The largest absolute Gasteiger partial charge is 0.497 e. The van der Waals surface area contributed by atoms with Crippen LogP contribution in [-0.4, -0.2) is 81.1 Å². The molecule has 7 nitrogen and oxygen atoms in total. The van der Waals surface area contributed by atoms with Gasteiger partial charge in [-0.1, -0.05) is 12.5 Å². The average molecular weight is 663 g/mol. The van der Waals surface area contributed by atoms with Gasteiger partial charge in [-0.05, 0) is 109 Å². The van der Waals surface area contributed by atoms with Gasteiger partial charge in [0.25, 0.3) is 0 Å². The first-order valence-electron chi connectivity index (χ1n) is 16.5. The molecule has 2 heterocycles. The van der Waals surface area contributed by atoms with E-state index in [2.05, 4.69) is 79.7 Å². The lowest BCUT2D eigenvalue weighted by molar-refractivity contribution is -0.152. The number of rotatable bonds is 13. The number of allylic oxidation sites excluding steroid dienone is 1. The normalized spacial score (nSPS) is 30.2. The Labute approximate surface area is 269 Å². The predicted octanol–water partition coefficient (Wildman–Crippen LogP) is 7.63. The highest BCUT2D eigenvalue weighted by atomic mass is 28.4. The molecule has 0 unspecified atom stereocenters. The van der Waals surface area contributed by atoms with Gasteiger partial charge in [0.2, 0.25) is 0 Å². The van der Waals surface area contributed by atoms with E-state index < -0.39 is 25.0 Å². The zero-order valence-electron chi connectivity index (χ0n) is 29.5. The molecular weight excluding hydrogens is 605 g/mol. The predicted molar refractivity (Wildman–Crippen MR) is 184 cm³/mol. The topological polar surface area (TPSA) is 75.8 Å². The molecule has 4 rings (SSSR count). The van der Waals surface area contributed by atoms with Gasteiger partial charge in [0.1, 0.15) is 5.75 Å². The first-order chi connectivity index (χ1) is 20.3. The molecule has 0 radical (unpaired) electrons. The number of fused-ring (bicyclic) bond motifs is 1. The number of hydrogen-bond donors (Lipinski definition) is 0. The van der Waals surface area contributed by atoms with Gasteiger partial charge in [-0.25, -0.2) is 0 Å². The van der Waals surface area contributed by atoms with E-state index in [0.29, 0.717) is 25.4 Å². The molecule has 0 amide bonds. The van der Waals surface area contributed by atoms with Crippen molar-refractivity contribution in [3.8, 4) is 5.75 Å². The summed E-state index contributed by atoms with van der Waals surface area (Å²) in [5.74, 6) is 1.40. The van der Waals surface area contributed by atoms with E-state index in [0.717, 1.165) is 34.4 Å². The molecule has 8 atom stereocenters. The van der Waals surface area contributed by atoms with Crippen LogP contribution in [0.1, 0.15) is 49.5 Å². The van der Waals surface area contributed by atoms with Crippen molar-refractivity contribution < 1.29 is 32.3 Å². The third kappa shape index (κ3) is 9.24. The lowest BCUT2D eigenvalue weighted by Crippen LogP contribution is -2.58. The summed E-state index contributed by atoms with van der Waals surface area (Å²) in [5.41, 5.74) is 3.74. The second-order valence-corrected chi connectivity index (χ2v) is 29.6. The molecule has 0 N–H and O–H groups in total. The Morgan fingerprint density at radius 3 is 2.16 bits per heavy atom. The minimum absolute atomic E-state index is 0.0820. The van der Waals surface area contributed by atoms with Crippen molar-refractivity contribution in [3.05, 3.63) is 40.5 Å². The van der Waals surface area contributed by atoms with Crippen molar-refractivity contribution in [1.29, 1.82) is 0 Å². The van der Waals surface area contributed by atoms with Gasteiger partial charge in [0.15, 0.2) is 30.7 Å². The lowest BCUT2D eigenvalue weighted by atomic mass is 9.85. The van der Waals surface area contributed by atoms with Crippen LogP contribution in [0.25, 0.3) is 0 Å². The van der Waals surface area contributed by atoms with Gasteiger partial charge in [-0.2, -0.15) is 0 Å². The molecule has 0 saturated carbocycles. The number of methoxy groups -OCH3 is 1. The first-order valence-corrected chi connectivity index (χ1v) is 26.7. The number of ether oxygens (including phenoxy) is 3. The van der Waals surface area contributed by atoms with Gasteiger partial charge in [-0.3, -0.25) is 4.79 Å². The van der Waals surface area contributed by atoms with Crippen LogP contribution in [-0.2, 0) is 29.2 Å². The number of Topliss-reactive ketones (excluding diaryl/α,β-unsaturated/α-hetero) is 1. The summed E-state index contributed by atoms with van der Waals surface area (Å²) in [5, 5.41) is 0. The van der Waals surface area contributed by atoms with Crippen molar-refractivity contribution in [2.45, 2.75) is 136 Å². The Bertz CT molecular complexity index is 1210. The Morgan fingerprint density at radius 2 is 1.57 bits per heavy atom. The quantitative estimate of drug-likeness (QED) is 0.122. The van der Waals surface area contributed by atoms with Crippen molar-refractivity contribution in [2.24, 2.45) is 11.8 Å². The molecule has 44 heavy (non-hydrogen) atoms. The molecular formula is C34H58O7Si3. The lowest BCUT2D eigenvalue weighted by Gasteiger charge is -2.47. The summed E-state index contributed by atoms with van der Waals surface area (Å²) in [4.78, 5) is 13.4. The minimum Gasteiger partial charge on any atom is -0.497 e. The molecule has 1 aromatic carbocycles. The molecule has 0 spiro atoms. The third-order valence-electron chi connectivity index (χ3n) is 8.83. The zero-order valence-corrected chi connectivity index (χ0v) is 32.5. The van der Waals surface area contributed by atoms with Crippen LogP contribution in [0.15, 0.2) is 29.3 Å². The van der Waals surface area contributed by atoms with Crippen LogP contribution in [0.5, 0.6) is 5.75 Å². The standard InChI is InChI=1S/C34H58O7Si3/c1-21(28-18-24-17-26(36-4)14-15-27(24)31(28)35)16-29-34(41-44(11,12)13)33(40-43(8,9)10)25(20-37-29)19-30-32(38-30)22(2)23(3)39-42(5,6)7/h14-15,17,22-23,25,29-30,32-34H,16,18-20H2,1-13H3/b28-21+/t22-,23-,25-,29-,30-,32-,33+,34-/m0/s1. The molecule has 1 aliphatic carbocycles. The highest BCUT2D eigenvalue weighted by molar-refractivity contribution is 6.70. The molecule has 248 valence electrons. The van der Waals surface area contributed by atoms with E-state index in [1.165, 1.54) is 0 Å². The number of ketones is 1. The fourth-order valence-corrected chi connectivity index (χ4v) is 10.3.